The lowest BCUT2D eigenvalue weighted by atomic mass is 9.76. The van der Waals surface area contributed by atoms with Crippen LogP contribution in [0.25, 0.3) is 16.2 Å². The first kappa shape index (κ1) is 20.5. The summed E-state index contributed by atoms with van der Waals surface area (Å²) in [6.07, 6.45) is 3.95. The minimum atomic E-state index is -1.10. The number of rotatable bonds is 4. The molecule has 1 saturated heterocycles. The maximum Gasteiger partial charge on any atom is 0.325 e. The summed E-state index contributed by atoms with van der Waals surface area (Å²) in [4.78, 5) is 45.0. The van der Waals surface area contributed by atoms with Gasteiger partial charge in [-0.1, -0.05) is 65.9 Å². The molecule has 0 bridgehead atoms. The molecule has 4 aromatic rings. The zero-order valence-corrected chi connectivity index (χ0v) is 18.8. The fourth-order valence-corrected chi connectivity index (χ4v) is 5.55. The molecule has 0 radical (unpaired) electrons. The Morgan fingerprint density at radius 2 is 1.91 bits per heavy atom. The maximum atomic E-state index is 13.4. The zero-order chi connectivity index (χ0) is 23.3. The van der Waals surface area contributed by atoms with Crippen molar-refractivity contribution in [2.45, 2.75) is 24.8 Å². The number of hydrogen-bond acceptors (Lipinski definition) is 6. The van der Waals surface area contributed by atoms with Crippen LogP contribution in [-0.4, -0.2) is 43.9 Å². The average molecular weight is 473 g/mol. The van der Waals surface area contributed by atoms with Crippen LogP contribution in [0.2, 0.25) is 0 Å². The molecular formula is C24H20N6O3S. The summed E-state index contributed by atoms with van der Waals surface area (Å²) >= 11 is 1.22. The molecule has 1 atom stereocenters. The Labute approximate surface area is 198 Å². The molecule has 1 aliphatic carbocycles. The standard InChI is InChI=1S/C24H20N6O3S/c31-19(26-21-28-30-13-18(25-23(30)34-21)16-8-2-1-3-9-16)14-29-20(32)24(27-22(29)33)12-6-10-15-7-4-5-11-17(15)24/h1-5,7-9,11,13H,6,10,12,14H2,(H,27,33)(H,26,28,31)/t24-/m0/s1. The van der Waals surface area contributed by atoms with Crippen LogP contribution < -0.4 is 10.6 Å². The second kappa shape index (κ2) is 7.77. The number of anilines is 1. The van der Waals surface area contributed by atoms with Crippen molar-refractivity contribution in [3.8, 4) is 11.3 Å². The van der Waals surface area contributed by atoms with E-state index in [2.05, 4.69) is 20.7 Å². The van der Waals surface area contributed by atoms with Gasteiger partial charge in [0.25, 0.3) is 5.91 Å². The van der Waals surface area contributed by atoms with E-state index in [4.69, 9.17) is 0 Å². The third-order valence-corrected chi connectivity index (χ3v) is 7.15. The SMILES string of the molecule is O=C(CN1C(=O)N[C@]2(CCCc3ccccc32)C1=O)Nc1nn2cc(-c3ccccc3)nc2s1. The number of carbonyl (C=O) groups excluding carboxylic acids is 3. The normalized spacial score (nSPS) is 19.5. The molecule has 1 fully saturated rings. The van der Waals surface area contributed by atoms with Crippen LogP contribution in [0.1, 0.15) is 24.0 Å². The Morgan fingerprint density at radius 3 is 2.74 bits per heavy atom. The average Bonchev–Trinajstić information content (AvgIpc) is 3.47. The van der Waals surface area contributed by atoms with Crippen molar-refractivity contribution in [2.24, 2.45) is 0 Å². The van der Waals surface area contributed by atoms with Crippen LogP contribution in [0.4, 0.5) is 9.93 Å². The molecule has 2 N–H and O–H groups in total. The summed E-state index contributed by atoms with van der Waals surface area (Å²) < 4.78 is 1.60. The fraction of sp³-hybridized carbons (Fsp3) is 0.208. The number of aryl methyl sites for hydroxylation is 1. The molecule has 2 aromatic heterocycles. The summed E-state index contributed by atoms with van der Waals surface area (Å²) in [5.41, 5.74) is 2.53. The molecule has 0 unspecified atom stereocenters. The number of nitrogens with zero attached hydrogens (tertiary/aromatic N) is 4. The Kier molecular flexibility index (Phi) is 4.70. The lowest BCUT2D eigenvalue weighted by molar-refractivity contribution is -0.134. The third-order valence-electron chi connectivity index (χ3n) is 6.31. The largest absolute Gasteiger partial charge is 0.325 e. The number of carbonyl (C=O) groups is 3. The van der Waals surface area contributed by atoms with E-state index in [0.29, 0.717) is 16.5 Å². The van der Waals surface area contributed by atoms with E-state index in [0.717, 1.165) is 40.1 Å². The van der Waals surface area contributed by atoms with E-state index in [1.807, 2.05) is 54.6 Å². The third kappa shape index (κ3) is 3.26. The van der Waals surface area contributed by atoms with Crippen molar-refractivity contribution in [3.63, 3.8) is 0 Å². The van der Waals surface area contributed by atoms with E-state index in [-0.39, 0.29) is 12.5 Å². The molecule has 3 heterocycles. The van der Waals surface area contributed by atoms with Crippen molar-refractivity contribution < 1.29 is 14.4 Å². The minimum absolute atomic E-state index is 0.344. The van der Waals surface area contributed by atoms with Crippen LogP contribution in [0.15, 0.2) is 60.8 Å². The van der Waals surface area contributed by atoms with Crippen LogP contribution in [0.3, 0.4) is 0 Å². The topological polar surface area (TPSA) is 109 Å². The fourth-order valence-electron chi connectivity index (χ4n) is 4.76. The number of urea groups is 1. The maximum absolute atomic E-state index is 13.4. The Balaban J connectivity index is 1.18. The minimum Gasteiger partial charge on any atom is -0.319 e. The first-order valence-electron chi connectivity index (χ1n) is 11.0. The Morgan fingerprint density at radius 1 is 1.12 bits per heavy atom. The van der Waals surface area contributed by atoms with Gasteiger partial charge in [0.15, 0.2) is 0 Å². The first-order chi connectivity index (χ1) is 16.5. The highest BCUT2D eigenvalue weighted by Crippen LogP contribution is 2.39. The molecule has 2 aliphatic rings. The summed E-state index contributed by atoms with van der Waals surface area (Å²) in [6, 6.07) is 16.8. The zero-order valence-electron chi connectivity index (χ0n) is 18.0. The number of imidazole rings is 1. The van der Waals surface area contributed by atoms with Crippen LogP contribution >= 0.6 is 11.3 Å². The van der Waals surface area contributed by atoms with E-state index in [1.54, 1.807) is 10.7 Å². The van der Waals surface area contributed by atoms with Crippen molar-refractivity contribution in [1.82, 2.24) is 24.8 Å². The lowest BCUT2D eigenvalue weighted by Gasteiger charge is -2.33. The predicted molar refractivity (Wildman–Crippen MR) is 126 cm³/mol. The molecule has 170 valence electrons. The number of fused-ring (bicyclic) bond motifs is 3. The van der Waals surface area contributed by atoms with Gasteiger partial charge in [-0.15, -0.1) is 5.10 Å². The number of nitrogens with one attached hydrogen (secondary N) is 2. The first-order valence-corrected chi connectivity index (χ1v) is 11.8. The number of hydrogen-bond donors (Lipinski definition) is 2. The number of benzene rings is 2. The van der Waals surface area contributed by atoms with Gasteiger partial charge in [-0.05, 0) is 30.4 Å². The smallest absolute Gasteiger partial charge is 0.319 e. The van der Waals surface area contributed by atoms with Crippen molar-refractivity contribution in [3.05, 3.63) is 71.9 Å². The van der Waals surface area contributed by atoms with Crippen LogP contribution in [-0.2, 0) is 21.5 Å². The molecule has 9 nitrogen and oxygen atoms in total. The molecule has 0 saturated carbocycles. The Bertz CT molecular complexity index is 1410. The monoisotopic (exact) mass is 472 g/mol. The van der Waals surface area contributed by atoms with Crippen LogP contribution in [0.5, 0.6) is 0 Å². The quantitative estimate of drug-likeness (QED) is 0.444. The van der Waals surface area contributed by atoms with Gasteiger partial charge < -0.3 is 5.32 Å². The second-order valence-corrected chi connectivity index (χ2v) is 9.37. The lowest BCUT2D eigenvalue weighted by Crippen LogP contribution is -2.47. The van der Waals surface area contributed by atoms with Crippen molar-refractivity contribution in [2.75, 3.05) is 11.9 Å². The Hall–Kier alpha value is -4.05. The predicted octanol–water partition coefficient (Wildman–Crippen LogP) is 3.18. The molecule has 10 heteroatoms. The van der Waals surface area contributed by atoms with E-state index in [1.165, 1.54) is 11.3 Å². The van der Waals surface area contributed by atoms with Gasteiger partial charge >= 0.3 is 6.03 Å². The molecular weight excluding hydrogens is 452 g/mol. The van der Waals surface area contributed by atoms with Gasteiger partial charge in [0, 0.05) is 5.56 Å². The highest BCUT2D eigenvalue weighted by Gasteiger charge is 2.54. The van der Waals surface area contributed by atoms with Gasteiger partial charge in [0.05, 0.1) is 11.9 Å². The summed E-state index contributed by atoms with van der Waals surface area (Å²) in [5, 5.41) is 10.3. The number of imide groups is 1. The van der Waals surface area contributed by atoms with Gasteiger partial charge in [0.2, 0.25) is 16.0 Å². The van der Waals surface area contributed by atoms with Crippen LogP contribution in [0, 0.1) is 0 Å². The highest BCUT2D eigenvalue weighted by atomic mass is 32.1. The molecule has 6 rings (SSSR count). The van der Waals surface area contributed by atoms with Crippen molar-refractivity contribution >= 4 is 39.3 Å². The summed E-state index contributed by atoms with van der Waals surface area (Å²) in [6.45, 7) is -0.383. The second-order valence-electron chi connectivity index (χ2n) is 8.41. The van der Waals surface area contributed by atoms with Gasteiger partial charge in [0.1, 0.15) is 12.1 Å². The summed E-state index contributed by atoms with van der Waals surface area (Å²) in [7, 11) is 0. The molecule has 34 heavy (non-hydrogen) atoms. The molecule has 2 aromatic carbocycles. The number of amides is 4. The summed E-state index contributed by atoms with van der Waals surface area (Å²) in [5.74, 6) is -0.883. The molecule has 1 aliphatic heterocycles. The molecule has 1 spiro atoms. The van der Waals surface area contributed by atoms with Gasteiger partial charge in [-0.2, -0.15) is 0 Å². The van der Waals surface area contributed by atoms with Gasteiger partial charge in [-0.3, -0.25) is 19.8 Å². The number of aromatic nitrogens is 3. The van der Waals surface area contributed by atoms with Crippen molar-refractivity contribution in [1.29, 1.82) is 0 Å². The van der Waals surface area contributed by atoms with Gasteiger partial charge in [-0.25, -0.2) is 14.3 Å². The van der Waals surface area contributed by atoms with E-state index in [9.17, 15) is 14.4 Å². The molecule has 4 amide bonds. The van der Waals surface area contributed by atoms with E-state index >= 15 is 0 Å². The van der Waals surface area contributed by atoms with E-state index < -0.39 is 17.5 Å². The highest BCUT2D eigenvalue weighted by molar-refractivity contribution is 7.20.